The SMILES string of the molecule is CCOC(=O)C1(CNS(=O)(=O)c2ccc3c(c2)CN(C(=N)N)CC3)CCN(c2ccncc2)CC1. The second-order valence-electron chi connectivity index (χ2n) is 9.01. The molecule has 3 heterocycles. The largest absolute Gasteiger partial charge is 0.466 e. The number of guanidine groups is 1. The predicted octanol–water partition coefficient (Wildman–Crippen LogP) is 1.46. The normalized spacial score (nSPS) is 17.5. The number of hydrogen-bond acceptors (Lipinski definition) is 7. The molecule has 188 valence electrons. The number of ether oxygens (including phenoxy) is 1. The van der Waals surface area contributed by atoms with Crippen molar-refractivity contribution in [2.75, 3.05) is 37.7 Å². The Morgan fingerprint density at radius 3 is 2.54 bits per heavy atom. The van der Waals surface area contributed by atoms with E-state index in [1.807, 2.05) is 18.2 Å². The fourth-order valence-corrected chi connectivity index (χ4v) is 5.89. The van der Waals surface area contributed by atoms with Gasteiger partial charge in [-0.2, -0.15) is 0 Å². The van der Waals surface area contributed by atoms with E-state index in [0.717, 1.165) is 16.8 Å². The van der Waals surface area contributed by atoms with Gasteiger partial charge in [0.25, 0.3) is 0 Å². The topological polar surface area (TPSA) is 142 Å². The minimum Gasteiger partial charge on any atom is -0.466 e. The Hall–Kier alpha value is -3.18. The molecule has 0 aliphatic carbocycles. The van der Waals surface area contributed by atoms with E-state index in [-0.39, 0.29) is 30.0 Å². The fourth-order valence-electron chi connectivity index (χ4n) is 4.71. The molecule has 2 aliphatic heterocycles. The Kier molecular flexibility index (Phi) is 7.27. The van der Waals surface area contributed by atoms with Gasteiger partial charge in [0, 0.05) is 50.8 Å². The van der Waals surface area contributed by atoms with Crippen LogP contribution in [0.5, 0.6) is 0 Å². The number of rotatable bonds is 7. The number of pyridine rings is 1. The van der Waals surface area contributed by atoms with E-state index in [2.05, 4.69) is 14.6 Å². The average molecular weight is 501 g/mol. The Balaban J connectivity index is 1.49. The fraction of sp³-hybridized carbons (Fsp3) is 0.458. The lowest BCUT2D eigenvalue weighted by atomic mass is 9.78. The predicted molar refractivity (Wildman–Crippen MR) is 132 cm³/mol. The van der Waals surface area contributed by atoms with Crippen LogP contribution >= 0.6 is 0 Å². The number of carbonyl (C=O) groups is 1. The third-order valence-electron chi connectivity index (χ3n) is 6.90. The lowest BCUT2D eigenvalue weighted by Gasteiger charge is -2.40. The molecular weight excluding hydrogens is 468 g/mol. The molecule has 0 unspecified atom stereocenters. The van der Waals surface area contributed by atoms with E-state index < -0.39 is 15.4 Å². The van der Waals surface area contributed by atoms with Crippen molar-refractivity contribution in [2.45, 2.75) is 37.6 Å². The summed E-state index contributed by atoms with van der Waals surface area (Å²) in [4.78, 5) is 21.0. The van der Waals surface area contributed by atoms with Gasteiger partial charge in [0.15, 0.2) is 5.96 Å². The molecule has 0 saturated carbocycles. The number of sulfonamides is 1. The van der Waals surface area contributed by atoms with Crippen LogP contribution in [0.2, 0.25) is 0 Å². The van der Waals surface area contributed by atoms with E-state index in [0.29, 0.717) is 45.4 Å². The van der Waals surface area contributed by atoms with Gasteiger partial charge >= 0.3 is 5.97 Å². The van der Waals surface area contributed by atoms with Crippen LogP contribution in [-0.2, 0) is 32.5 Å². The summed E-state index contributed by atoms with van der Waals surface area (Å²) < 4.78 is 34.5. The summed E-state index contributed by atoms with van der Waals surface area (Å²) in [6, 6.07) is 8.88. The molecule has 1 fully saturated rings. The van der Waals surface area contributed by atoms with Crippen LogP contribution < -0.4 is 15.4 Å². The molecule has 2 aromatic rings. The van der Waals surface area contributed by atoms with Crippen LogP contribution in [-0.4, -0.2) is 63.0 Å². The standard InChI is InChI=1S/C24H32N6O4S/c1-2-34-22(31)24(8-13-29(14-9-24)20-5-10-27-11-6-20)17-28-35(32,33)21-4-3-18-7-12-30(23(25)26)16-19(18)15-21/h3-6,10-11,15,28H,2,7-9,12-14,16-17H2,1H3,(H3,25,26). The number of nitrogens with zero attached hydrogens (tertiary/aromatic N) is 3. The molecule has 0 bridgehead atoms. The first-order chi connectivity index (χ1) is 16.7. The zero-order valence-corrected chi connectivity index (χ0v) is 20.7. The molecular formula is C24H32N6O4S. The quantitative estimate of drug-likeness (QED) is 0.295. The van der Waals surface area contributed by atoms with Gasteiger partial charge in [0.2, 0.25) is 10.0 Å². The molecule has 2 aliphatic rings. The first kappa shape index (κ1) is 24.9. The molecule has 0 radical (unpaired) electrons. The molecule has 1 aromatic carbocycles. The van der Waals surface area contributed by atoms with Gasteiger partial charge in [-0.1, -0.05) is 6.07 Å². The smallest absolute Gasteiger partial charge is 0.313 e. The summed E-state index contributed by atoms with van der Waals surface area (Å²) in [6.07, 6.45) is 5.08. The zero-order valence-electron chi connectivity index (χ0n) is 19.9. The van der Waals surface area contributed by atoms with Gasteiger partial charge in [-0.15, -0.1) is 0 Å². The van der Waals surface area contributed by atoms with Crippen molar-refractivity contribution in [1.29, 1.82) is 5.41 Å². The van der Waals surface area contributed by atoms with Crippen molar-refractivity contribution < 1.29 is 17.9 Å². The lowest BCUT2D eigenvalue weighted by Crippen LogP contribution is -2.51. The van der Waals surface area contributed by atoms with Gasteiger partial charge in [-0.3, -0.25) is 15.2 Å². The highest BCUT2D eigenvalue weighted by atomic mass is 32.2. The first-order valence-electron chi connectivity index (χ1n) is 11.8. The summed E-state index contributed by atoms with van der Waals surface area (Å²) in [6.45, 7) is 4.18. The number of aromatic nitrogens is 1. The van der Waals surface area contributed by atoms with E-state index in [4.69, 9.17) is 15.9 Å². The Morgan fingerprint density at radius 1 is 1.17 bits per heavy atom. The van der Waals surface area contributed by atoms with Gasteiger partial charge in [-0.25, -0.2) is 13.1 Å². The summed E-state index contributed by atoms with van der Waals surface area (Å²) in [5.74, 6) is -0.406. The third kappa shape index (κ3) is 5.40. The maximum atomic E-state index is 13.2. The van der Waals surface area contributed by atoms with Crippen LogP contribution in [0.3, 0.4) is 0 Å². The third-order valence-corrected chi connectivity index (χ3v) is 8.30. The number of anilines is 1. The van der Waals surface area contributed by atoms with Gasteiger partial charge in [0.05, 0.1) is 16.9 Å². The Bertz CT molecular complexity index is 1180. The number of nitrogens with one attached hydrogen (secondary N) is 2. The van der Waals surface area contributed by atoms with Crippen molar-refractivity contribution in [2.24, 2.45) is 11.1 Å². The maximum absolute atomic E-state index is 13.2. The van der Waals surface area contributed by atoms with E-state index >= 15 is 0 Å². The van der Waals surface area contributed by atoms with Gasteiger partial charge < -0.3 is 20.3 Å². The van der Waals surface area contributed by atoms with Crippen molar-refractivity contribution in [1.82, 2.24) is 14.6 Å². The zero-order chi connectivity index (χ0) is 25.1. The van der Waals surface area contributed by atoms with Crippen molar-refractivity contribution in [3.8, 4) is 0 Å². The molecule has 10 nitrogen and oxygen atoms in total. The highest BCUT2D eigenvalue weighted by Gasteiger charge is 2.43. The minimum atomic E-state index is -3.87. The van der Waals surface area contributed by atoms with Crippen LogP contribution in [0.1, 0.15) is 30.9 Å². The Morgan fingerprint density at radius 2 is 1.89 bits per heavy atom. The second-order valence-corrected chi connectivity index (χ2v) is 10.8. The highest BCUT2D eigenvalue weighted by Crippen LogP contribution is 2.35. The van der Waals surface area contributed by atoms with E-state index in [1.165, 1.54) is 0 Å². The average Bonchev–Trinajstić information content (AvgIpc) is 2.87. The minimum absolute atomic E-state index is 0.0310. The number of hydrogen-bond donors (Lipinski definition) is 3. The number of nitrogens with two attached hydrogens (primary N) is 1. The van der Waals surface area contributed by atoms with Crippen molar-refractivity contribution in [3.05, 3.63) is 53.9 Å². The molecule has 11 heteroatoms. The first-order valence-corrected chi connectivity index (χ1v) is 13.2. The molecule has 35 heavy (non-hydrogen) atoms. The molecule has 0 atom stereocenters. The summed E-state index contributed by atoms with van der Waals surface area (Å²) in [7, 11) is -3.87. The molecule has 1 saturated heterocycles. The maximum Gasteiger partial charge on any atom is 0.313 e. The molecule has 1 aromatic heterocycles. The van der Waals surface area contributed by atoms with Crippen molar-refractivity contribution >= 4 is 27.6 Å². The number of carbonyl (C=O) groups excluding carboxylic acids is 1. The molecule has 4 N–H and O–H groups in total. The summed E-state index contributed by atoms with van der Waals surface area (Å²) in [5.41, 5.74) is 7.59. The lowest BCUT2D eigenvalue weighted by molar-refractivity contribution is -0.156. The van der Waals surface area contributed by atoms with E-state index in [1.54, 1.807) is 36.4 Å². The summed E-state index contributed by atoms with van der Waals surface area (Å²) in [5, 5.41) is 7.67. The second kappa shape index (κ2) is 10.2. The summed E-state index contributed by atoms with van der Waals surface area (Å²) >= 11 is 0. The monoisotopic (exact) mass is 500 g/mol. The molecule has 0 spiro atoms. The molecule has 4 rings (SSSR count). The highest BCUT2D eigenvalue weighted by molar-refractivity contribution is 7.89. The number of benzene rings is 1. The number of piperidine rings is 1. The van der Waals surface area contributed by atoms with Crippen LogP contribution in [0, 0.1) is 10.8 Å². The van der Waals surface area contributed by atoms with E-state index in [9.17, 15) is 13.2 Å². The molecule has 0 amide bonds. The van der Waals surface area contributed by atoms with Gasteiger partial charge in [-0.05, 0) is 61.6 Å². The van der Waals surface area contributed by atoms with Gasteiger partial charge in [0.1, 0.15) is 0 Å². The number of esters is 1. The number of fused-ring (bicyclic) bond motifs is 1. The van der Waals surface area contributed by atoms with Crippen LogP contribution in [0.25, 0.3) is 0 Å². The Labute approximate surface area is 206 Å². The van der Waals surface area contributed by atoms with Crippen LogP contribution in [0.15, 0.2) is 47.6 Å². The van der Waals surface area contributed by atoms with Crippen LogP contribution in [0.4, 0.5) is 5.69 Å². The van der Waals surface area contributed by atoms with Crippen molar-refractivity contribution in [3.63, 3.8) is 0 Å².